The molecule has 2 atom stereocenters. The predicted molar refractivity (Wildman–Crippen MR) is 86.3 cm³/mol. The van der Waals surface area contributed by atoms with Crippen molar-refractivity contribution in [3.8, 4) is 0 Å². The lowest BCUT2D eigenvalue weighted by Crippen LogP contribution is -2.48. The van der Waals surface area contributed by atoms with Gasteiger partial charge in [-0.05, 0) is 38.6 Å². The van der Waals surface area contributed by atoms with E-state index in [9.17, 15) is 5.11 Å². The van der Waals surface area contributed by atoms with Crippen LogP contribution in [0.3, 0.4) is 0 Å². The number of halogens is 1. The van der Waals surface area contributed by atoms with Gasteiger partial charge < -0.3 is 10.4 Å². The predicted octanol–water partition coefficient (Wildman–Crippen LogP) is 3.08. The summed E-state index contributed by atoms with van der Waals surface area (Å²) in [5.41, 5.74) is 0.402. The molecular weight excluding hydrogens is 272 g/mol. The van der Waals surface area contributed by atoms with Crippen LogP contribution < -0.4 is 5.32 Å². The lowest BCUT2D eigenvalue weighted by atomic mass is 10.0. The SMILES string of the molecule is CC(C)NCC(C)(O)CN(C)C(C)c1cccc(Cl)c1. The molecule has 0 bridgehead atoms. The summed E-state index contributed by atoms with van der Waals surface area (Å²) in [6.07, 6.45) is 0. The highest BCUT2D eigenvalue weighted by Crippen LogP contribution is 2.23. The van der Waals surface area contributed by atoms with Crippen LogP contribution in [-0.4, -0.2) is 41.8 Å². The summed E-state index contributed by atoms with van der Waals surface area (Å²) in [6, 6.07) is 8.45. The van der Waals surface area contributed by atoms with E-state index < -0.39 is 5.60 Å². The fraction of sp³-hybridized carbons (Fsp3) is 0.625. The zero-order chi connectivity index (χ0) is 15.3. The molecule has 2 unspecified atom stereocenters. The summed E-state index contributed by atoms with van der Waals surface area (Å²) in [6.45, 7) is 9.32. The molecule has 4 heteroatoms. The molecule has 0 aromatic heterocycles. The van der Waals surface area contributed by atoms with E-state index in [1.54, 1.807) is 0 Å². The molecule has 1 rings (SSSR count). The quantitative estimate of drug-likeness (QED) is 0.812. The minimum atomic E-state index is -0.758. The molecule has 0 heterocycles. The monoisotopic (exact) mass is 298 g/mol. The van der Waals surface area contributed by atoms with Gasteiger partial charge in [0.1, 0.15) is 0 Å². The second kappa shape index (κ2) is 7.41. The van der Waals surface area contributed by atoms with Crippen LogP contribution in [0, 0.1) is 0 Å². The molecule has 1 aromatic rings. The average molecular weight is 299 g/mol. The standard InChI is InChI=1S/C16H27ClN2O/c1-12(2)18-10-16(4,20)11-19(5)13(3)14-7-6-8-15(17)9-14/h6-9,12-13,18,20H,10-11H2,1-5H3. The zero-order valence-corrected chi connectivity index (χ0v) is 13.9. The van der Waals surface area contributed by atoms with Crippen LogP contribution in [0.25, 0.3) is 0 Å². The zero-order valence-electron chi connectivity index (χ0n) is 13.2. The third-order valence-corrected chi connectivity index (χ3v) is 3.71. The Balaban J connectivity index is 2.63. The lowest BCUT2D eigenvalue weighted by molar-refractivity contribution is 0.0161. The first-order chi connectivity index (χ1) is 9.21. The Morgan fingerprint density at radius 3 is 2.55 bits per heavy atom. The van der Waals surface area contributed by atoms with E-state index >= 15 is 0 Å². The topological polar surface area (TPSA) is 35.5 Å². The normalized spacial score (nSPS) is 16.4. The number of hydrogen-bond acceptors (Lipinski definition) is 3. The summed E-state index contributed by atoms with van der Waals surface area (Å²) >= 11 is 6.03. The summed E-state index contributed by atoms with van der Waals surface area (Å²) in [7, 11) is 2.02. The van der Waals surface area contributed by atoms with Crippen molar-refractivity contribution in [3.05, 3.63) is 34.9 Å². The second-order valence-electron chi connectivity index (χ2n) is 6.18. The molecule has 0 radical (unpaired) electrons. The highest BCUT2D eigenvalue weighted by Gasteiger charge is 2.25. The van der Waals surface area contributed by atoms with Crippen LogP contribution in [0.2, 0.25) is 5.02 Å². The number of nitrogens with zero attached hydrogens (tertiary/aromatic N) is 1. The van der Waals surface area contributed by atoms with Crippen LogP contribution in [0.15, 0.2) is 24.3 Å². The van der Waals surface area contributed by atoms with Crippen molar-refractivity contribution in [2.75, 3.05) is 20.1 Å². The fourth-order valence-electron chi connectivity index (χ4n) is 2.18. The minimum absolute atomic E-state index is 0.208. The molecule has 0 saturated carbocycles. The highest BCUT2D eigenvalue weighted by molar-refractivity contribution is 6.30. The van der Waals surface area contributed by atoms with Crippen LogP contribution in [0.4, 0.5) is 0 Å². The molecule has 3 nitrogen and oxygen atoms in total. The van der Waals surface area contributed by atoms with Crippen molar-refractivity contribution < 1.29 is 5.11 Å². The maximum atomic E-state index is 10.5. The van der Waals surface area contributed by atoms with Gasteiger partial charge >= 0.3 is 0 Å². The number of likely N-dealkylation sites (N-methyl/N-ethyl adjacent to an activating group) is 1. The van der Waals surface area contributed by atoms with Gasteiger partial charge in [0, 0.05) is 30.2 Å². The van der Waals surface area contributed by atoms with Gasteiger partial charge in [-0.1, -0.05) is 37.6 Å². The molecule has 114 valence electrons. The molecule has 0 spiro atoms. The molecule has 0 amide bonds. The molecule has 2 N–H and O–H groups in total. The number of hydrogen-bond donors (Lipinski definition) is 2. The van der Waals surface area contributed by atoms with Gasteiger partial charge in [0.25, 0.3) is 0 Å². The van der Waals surface area contributed by atoms with Crippen molar-refractivity contribution in [1.29, 1.82) is 0 Å². The van der Waals surface area contributed by atoms with E-state index in [1.165, 1.54) is 0 Å². The molecule has 0 aliphatic rings. The molecule has 20 heavy (non-hydrogen) atoms. The molecule has 1 aromatic carbocycles. The van der Waals surface area contributed by atoms with E-state index in [0.29, 0.717) is 19.1 Å². The summed E-state index contributed by atoms with van der Waals surface area (Å²) in [5.74, 6) is 0. The molecule has 0 aliphatic carbocycles. The first-order valence-electron chi connectivity index (χ1n) is 7.13. The van der Waals surface area contributed by atoms with Crippen LogP contribution in [0.5, 0.6) is 0 Å². The van der Waals surface area contributed by atoms with Crippen molar-refractivity contribution in [2.45, 2.75) is 45.4 Å². The number of nitrogens with one attached hydrogen (secondary N) is 1. The first-order valence-corrected chi connectivity index (χ1v) is 7.50. The first kappa shape index (κ1) is 17.4. The number of aliphatic hydroxyl groups is 1. The van der Waals surface area contributed by atoms with E-state index in [1.807, 2.05) is 32.2 Å². The molecular formula is C16H27ClN2O. The summed E-state index contributed by atoms with van der Waals surface area (Å²) in [5, 5.41) is 14.5. The van der Waals surface area contributed by atoms with Gasteiger partial charge in [-0.15, -0.1) is 0 Å². The third-order valence-electron chi connectivity index (χ3n) is 3.47. The van der Waals surface area contributed by atoms with E-state index in [4.69, 9.17) is 11.6 Å². The van der Waals surface area contributed by atoms with E-state index in [0.717, 1.165) is 10.6 Å². The van der Waals surface area contributed by atoms with Crippen molar-refractivity contribution in [1.82, 2.24) is 10.2 Å². The van der Waals surface area contributed by atoms with Crippen LogP contribution >= 0.6 is 11.6 Å². The lowest BCUT2D eigenvalue weighted by Gasteiger charge is -2.33. The Kier molecular flexibility index (Phi) is 6.46. The van der Waals surface area contributed by atoms with Gasteiger partial charge in [0.05, 0.1) is 5.60 Å². The number of benzene rings is 1. The van der Waals surface area contributed by atoms with E-state index in [2.05, 4.69) is 37.1 Å². The Labute approximate surface area is 127 Å². The molecule has 0 saturated heterocycles. The third kappa shape index (κ3) is 5.80. The maximum absolute atomic E-state index is 10.5. The van der Waals surface area contributed by atoms with Crippen molar-refractivity contribution in [3.63, 3.8) is 0 Å². The van der Waals surface area contributed by atoms with Crippen LogP contribution in [-0.2, 0) is 0 Å². The Hall–Kier alpha value is -0.610. The second-order valence-corrected chi connectivity index (χ2v) is 6.62. The van der Waals surface area contributed by atoms with Crippen molar-refractivity contribution in [2.24, 2.45) is 0 Å². The molecule has 0 aliphatic heterocycles. The smallest absolute Gasteiger partial charge is 0.0869 e. The minimum Gasteiger partial charge on any atom is -0.388 e. The Morgan fingerprint density at radius 1 is 1.35 bits per heavy atom. The number of rotatable bonds is 7. The highest BCUT2D eigenvalue weighted by atomic mass is 35.5. The Bertz CT molecular complexity index is 421. The Morgan fingerprint density at radius 2 is 2.00 bits per heavy atom. The van der Waals surface area contributed by atoms with Gasteiger partial charge in [-0.25, -0.2) is 0 Å². The average Bonchev–Trinajstić information content (AvgIpc) is 2.35. The van der Waals surface area contributed by atoms with E-state index in [-0.39, 0.29) is 6.04 Å². The van der Waals surface area contributed by atoms with Gasteiger partial charge in [0.15, 0.2) is 0 Å². The summed E-state index contributed by atoms with van der Waals surface area (Å²) in [4.78, 5) is 2.15. The van der Waals surface area contributed by atoms with Gasteiger partial charge in [-0.3, -0.25) is 4.90 Å². The summed E-state index contributed by atoms with van der Waals surface area (Å²) < 4.78 is 0. The van der Waals surface area contributed by atoms with Crippen molar-refractivity contribution >= 4 is 11.6 Å². The molecule has 0 fully saturated rings. The van der Waals surface area contributed by atoms with Crippen LogP contribution in [0.1, 0.15) is 39.3 Å². The van der Waals surface area contributed by atoms with Gasteiger partial charge in [-0.2, -0.15) is 0 Å². The maximum Gasteiger partial charge on any atom is 0.0869 e. The van der Waals surface area contributed by atoms with Gasteiger partial charge in [0.2, 0.25) is 0 Å². The largest absolute Gasteiger partial charge is 0.388 e. The fourth-order valence-corrected chi connectivity index (χ4v) is 2.37.